The maximum atomic E-state index is 14.9. The van der Waals surface area contributed by atoms with Gasteiger partial charge in [0.1, 0.15) is 24.8 Å². The fraction of sp³-hybridized carbons (Fsp3) is 0.385. The highest BCUT2D eigenvalue weighted by Crippen LogP contribution is 2.41. The number of rotatable bonds is 6. The molecule has 2 fully saturated rings. The van der Waals surface area contributed by atoms with E-state index in [1.54, 1.807) is 30.3 Å². The van der Waals surface area contributed by atoms with E-state index in [9.17, 15) is 19.1 Å². The molecule has 8 nitrogen and oxygen atoms in total. The molecule has 184 valence electrons. The van der Waals surface area contributed by atoms with E-state index in [0.717, 1.165) is 19.6 Å². The molecule has 5 rings (SSSR count). The van der Waals surface area contributed by atoms with Gasteiger partial charge in [0, 0.05) is 37.3 Å². The predicted molar refractivity (Wildman–Crippen MR) is 125 cm³/mol. The summed E-state index contributed by atoms with van der Waals surface area (Å²) in [5.41, 5.74) is 0.322. The molecule has 0 aliphatic carbocycles. The summed E-state index contributed by atoms with van der Waals surface area (Å²) in [7, 11) is 0. The number of amides is 1. The average molecular weight is 483 g/mol. The molecular weight excluding hydrogens is 455 g/mol. The molecule has 1 amide bonds. The number of halogens is 1. The van der Waals surface area contributed by atoms with Crippen molar-refractivity contribution in [1.82, 2.24) is 9.80 Å². The quantitative estimate of drug-likeness (QED) is 0.385. The highest BCUT2D eigenvalue weighted by atomic mass is 19.1. The zero-order valence-electron chi connectivity index (χ0n) is 19.2. The molecular formula is C26H27FN2O6. The number of nitrogens with zero attached hydrogens (tertiary/aromatic N) is 2. The molecule has 3 aliphatic rings. The Morgan fingerprint density at radius 1 is 0.971 bits per heavy atom. The van der Waals surface area contributed by atoms with E-state index >= 15 is 0 Å². The van der Waals surface area contributed by atoms with Gasteiger partial charge in [-0.3, -0.25) is 14.5 Å². The number of carbonyl (C=O) groups is 2. The van der Waals surface area contributed by atoms with Crippen LogP contribution in [-0.2, 0) is 14.3 Å². The van der Waals surface area contributed by atoms with Crippen molar-refractivity contribution in [3.63, 3.8) is 0 Å². The first-order chi connectivity index (χ1) is 17.0. The molecule has 0 bridgehead atoms. The Hall–Kier alpha value is -3.43. The SMILES string of the molecule is O=C1C(=O)N(CCCN2CCOCC2)C(c2ccccc2F)/C1=C(/O)c1ccc2c(c1)OCCO2. The van der Waals surface area contributed by atoms with Crippen LogP contribution in [0.15, 0.2) is 48.0 Å². The van der Waals surface area contributed by atoms with E-state index in [1.807, 2.05) is 0 Å². The van der Waals surface area contributed by atoms with Gasteiger partial charge in [-0.2, -0.15) is 0 Å². The first-order valence-corrected chi connectivity index (χ1v) is 11.8. The van der Waals surface area contributed by atoms with Gasteiger partial charge in [0.2, 0.25) is 0 Å². The number of carbonyl (C=O) groups excluding carboxylic acids is 2. The number of ketones is 1. The van der Waals surface area contributed by atoms with Crippen molar-refractivity contribution >= 4 is 17.4 Å². The van der Waals surface area contributed by atoms with Crippen molar-refractivity contribution in [1.29, 1.82) is 0 Å². The van der Waals surface area contributed by atoms with Crippen LogP contribution in [0.3, 0.4) is 0 Å². The van der Waals surface area contributed by atoms with E-state index in [2.05, 4.69) is 4.90 Å². The van der Waals surface area contributed by atoms with E-state index in [-0.39, 0.29) is 23.4 Å². The van der Waals surface area contributed by atoms with Crippen LogP contribution in [0.25, 0.3) is 5.76 Å². The predicted octanol–water partition coefficient (Wildman–Crippen LogP) is 2.74. The van der Waals surface area contributed by atoms with Gasteiger partial charge in [0.05, 0.1) is 24.8 Å². The zero-order chi connectivity index (χ0) is 24.4. The van der Waals surface area contributed by atoms with Crippen molar-refractivity contribution in [2.45, 2.75) is 12.5 Å². The molecule has 0 aromatic heterocycles. The Morgan fingerprint density at radius 2 is 1.71 bits per heavy atom. The molecule has 1 atom stereocenters. The highest BCUT2D eigenvalue weighted by molar-refractivity contribution is 6.46. The summed E-state index contributed by atoms with van der Waals surface area (Å²) < 4.78 is 31.4. The molecule has 0 saturated carbocycles. The Bertz CT molecular complexity index is 1160. The Kier molecular flexibility index (Phi) is 6.70. The summed E-state index contributed by atoms with van der Waals surface area (Å²) in [5, 5.41) is 11.2. The third kappa shape index (κ3) is 4.61. The van der Waals surface area contributed by atoms with E-state index < -0.39 is 23.5 Å². The largest absolute Gasteiger partial charge is 0.507 e. The number of benzene rings is 2. The number of fused-ring (bicyclic) bond motifs is 1. The average Bonchev–Trinajstić information content (AvgIpc) is 3.14. The summed E-state index contributed by atoms with van der Waals surface area (Å²) in [6.45, 7) is 4.68. The molecule has 3 aliphatic heterocycles. The van der Waals surface area contributed by atoms with Gasteiger partial charge in [0.15, 0.2) is 11.5 Å². The molecule has 2 saturated heterocycles. The van der Waals surface area contributed by atoms with E-state index in [4.69, 9.17) is 14.2 Å². The fourth-order valence-electron chi connectivity index (χ4n) is 4.77. The molecule has 2 aromatic carbocycles. The van der Waals surface area contributed by atoms with E-state index in [0.29, 0.717) is 49.9 Å². The number of likely N-dealkylation sites (tertiary alicyclic amines) is 1. The molecule has 0 spiro atoms. The van der Waals surface area contributed by atoms with Crippen molar-refractivity contribution in [2.75, 3.05) is 52.6 Å². The minimum atomic E-state index is -1.03. The van der Waals surface area contributed by atoms with Gasteiger partial charge in [-0.05, 0) is 30.7 Å². The minimum absolute atomic E-state index is 0.136. The van der Waals surface area contributed by atoms with Crippen LogP contribution in [0.4, 0.5) is 4.39 Å². The highest BCUT2D eigenvalue weighted by Gasteiger charge is 2.46. The van der Waals surface area contributed by atoms with Crippen molar-refractivity contribution < 1.29 is 33.3 Å². The van der Waals surface area contributed by atoms with Crippen LogP contribution < -0.4 is 9.47 Å². The van der Waals surface area contributed by atoms with Crippen LogP contribution in [0.2, 0.25) is 0 Å². The van der Waals surface area contributed by atoms with Crippen molar-refractivity contribution in [3.8, 4) is 11.5 Å². The first-order valence-electron chi connectivity index (χ1n) is 11.8. The number of Topliss-reactive ketones (excluding diaryl/α,β-unsaturated/α-hetero) is 1. The maximum Gasteiger partial charge on any atom is 0.295 e. The minimum Gasteiger partial charge on any atom is -0.507 e. The zero-order valence-corrected chi connectivity index (χ0v) is 19.2. The number of ether oxygens (including phenoxy) is 3. The number of hydrogen-bond acceptors (Lipinski definition) is 7. The van der Waals surface area contributed by atoms with Gasteiger partial charge < -0.3 is 24.2 Å². The van der Waals surface area contributed by atoms with Crippen LogP contribution >= 0.6 is 0 Å². The lowest BCUT2D eigenvalue weighted by Crippen LogP contribution is -2.39. The second-order valence-electron chi connectivity index (χ2n) is 8.68. The molecule has 9 heteroatoms. The number of aliphatic hydroxyl groups is 1. The Balaban J connectivity index is 1.49. The second kappa shape index (κ2) is 10.1. The second-order valence-corrected chi connectivity index (χ2v) is 8.68. The molecule has 0 radical (unpaired) electrons. The Labute approximate surface area is 202 Å². The summed E-state index contributed by atoms with van der Waals surface area (Å²) in [4.78, 5) is 29.9. The number of hydrogen-bond donors (Lipinski definition) is 1. The molecule has 3 heterocycles. The third-order valence-corrected chi connectivity index (χ3v) is 6.53. The lowest BCUT2D eigenvalue weighted by atomic mass is 9.94. The molecule has 2 aromatic rings. The van der Waals surface area contributed by atoms with Gasteiger partial charge in [0.25, 0.3) is 11.7 Å². The van der Waals surface area contributed by atoms with Gasteiger partial charge in [-0.1, -0.05) is 18.2 Å². The van der Waals surface area contributed by atoms with Gasteiger partial charge in [-0.25, -0.2) is 4.39 Å². The summed E-state index contributed by atoms with van der Waals surface area (Å²) in [5.74, 6) is -1.55. The van der Waals surface area contributed by atoms with Gasteiger partial charge >= 0.3 is 0 Å². The lowest BCUT2D eigenvalue weighted by Gasteiger charge is -2.29. The van der Waals surface area contributed by atoms with Crippen LogP contribution in [0, 0.1) is 5.82 Å². The Morgan fingerprint density at radius 3 is 2.49 bits per heavy atom. The molecule has 1 unspecified atom stereocenters. The smallest absolute Gasteiger partial charge is 0.295 e. The standard InChI is InChI=1S/C26H27FN2O6/c27-19-5-2-1-4-18(19)23-22(24(30)17-6-7-20-21(16-17)35-15-14-34-20)25(31)26(32)29(23)9-3-8-28-10-12-33-13-11-28/h1-2,4-7,16,23,30H,3,8-15H2/b24-22-. The van der Waals surface area contributed by atoms with Crippen molar-refractivity contribution in [2.24, 2.45) is 0 Å². The summed E-state index contributed by atoms with van der Waals surface area (Å²) in [6, 6.07) is 9.78. The van der Waals surface area contributed by atoms with Crippen LogP contribution in [0.1, 0.15) is 23.6 Å². The molecule has 1 N–H and O–H groups in total. The van der Waals surface area contributed by atoms with Crippen LogP contribution in [0.5, 0.6) is 11.5 Å². The summed E-state index contributed by atoms with van der Waals surface area (Å²) in [6.07, 6.45) is 0.599. The fourth-order valence-corrected chi connectivity index (χ4v) is 4.77. The number of aliphatic hydroxyl groups excluding tert-OH is 1. The lowest BCUT2D eigenvalue weighted by molar-refractivity contribution is -0.140. The molecule has 35 heavy (non-hydrogen) atoms. The number of morpholine rings is 1. The monoisotopic (exact) mass is 482 g/mol. The van der Waals surface area contributed by atoms with E-state index in [1.165, 1.54) is 17.0 Å². The van der Waals surface area contributed by atoms with Gasteiger partial charge in [-0.15, -0.1) is 0 Å². The third-order valence-electron chi connectivity index (χ3n) is 6.53. The topological polar surface area (TPSA) is 88.5 Å². The summed E-state index contributed by atoms with van der Waals surface area (Å²) >= 11 is 0. The van der Waals surface area contributed by atoms with Crippen molar-refractivity contribution in [3.05, 3.63) is 65.0 Å². The van der Waals surface area contributed by atoms with Crippen LogP contribution in [-0.4, -0.2) is 79.2 Å². The first kappa shape index (κ1) is 23.3. The maximum absolute atomic E-state index is 14.9. The normalized spacial score (nSPS) is 22.0.